The Kier molecular flexibility index (Phi) is 4.12. The van der Waals surface area contributed by atoms with Crippen molar-refractivity contribution < 1.29 is 9.47 Å². The molecule has 0 fully saturated rings. The van der Waals surface area contributed by atoms with Crippen LogP contribution in [-0.4, -0.2) is 23.2 Å². The summed E-state index contributed by atoms with van der Waals surface area (Å²) in [5, 5.41) is 0.902. The van der Waals surface area contributed by atoms with E-state index >= 15 is 0 Å². The standard InChI is InChI=1S/C14H13BrN2O2S/c1-9-16-13(15)8-14(17-9)20-10-3-4-11-12(7-10)19-6-2-5-18-11/h3-4,7-8H,2,5-6H2,1H3. The Balaban J connectivity index is 1.85. The fraction of sp³-hybridized carbons (Fsp3) is 0.286. The molecule has 0 bridgehead atoms. The second-order valence-corrected chi connectivity index (χ2v) is 6.24. The fourth-order valence-electron chi connectivity index (χ4n) is 1.89. The predicted octanol–water partition coefficient (Wildman–Crippen LogP) is 3.86. The summed E-state index contributed by atoms with van der Waals surface area (Å²) in [6.45, 7) is 3.28. The van der Waals surface area contributed by atoms with Crippen molar-refractivity contribution in [1.82, 2.24) is 9.97 Å². The van der Waals surface area contributed by atoms with E-state index in [2.05, 4.69) is 25.9 Å². The van der Waals surface area contributed by atoms with E-state index in [-0.39, 0.29) is 0 Å². The molecule has 1 aromatic heterocycles. The van der Waals surface area contributed by atoms with Gasteiger partial charge >= 0.3 is 0 Å². The molecule has 1 aliphatic heterocycles. The van der Waals surface area contributed by atoms with E-state index in [1.54, 1.807) is 11.8 Å². The summed E-state index contributed by atoms with van der Waals surface area (Å²) in [7, 11) is 0. The molecule has 0 saturated heterocycles. The van der Waals surface area contributed by atoms with Crippen LogP contribution in [0.2, 0.25) is 0 Å². The second-order valence-electron chi connectivity index (χ2n) is 4.34. The molecule has 20 heavy (non-hydrogen) atoms. The number of benzene rings is 1. The van der Waals surface area contributed by atoms with Gasteiger partial charge in [-0.3, -0.25) is 0 Å². The Morgan fingerprint density at radius 2 is 1.90 bits per heavy atom. The van der Waals surface area contributed by atoms with Gasteiger partial charge in [0, 0.05) is 17.4 Å². The third-order valence-corrected chi connectivity index (χ3v) is 4.04. The minimum absolute atomic E-state index is 0.694. The molecule has 0 unspecified atom stereocenters. The van der Waals surface area contributed by atoms with E-state index < -0.39 is 0 Å². The van der Waals surface area contributed by atoms with E-state index in [0.29, 0.717) is 13.2 Å². The average Bonchev–Trinajstić information content (AvgIpc) is 2.62. The topological polar surface area (TPSA) is 44.2 Å². The third kappa shape index (κ3) is 3.24. The van der Waals surface area contributed by atoms with Crippen molar-refractivity contribution >= 4 is 27.7 Å². The molecule has 2 heterocycles. The number of aryl methyl sites for hydroxylation is 1. The molecule has 4 nitrogen and oxygen atoms in total. The van der Waals surface area contributed by atoms with Crippen LogP contribution in [0.5, 0.6) is 11.5 Å². The summed E-state index contributed by atoms with van der Waals surface area (Å²) in [5.74, 6) is 2.36. The van der Waals surface area contributed by atoms with Crippen LogP contribution in [0.15, 0.2) is 38.8 Å². The van der Waals surface area contributed by atoms with E-state index in [1.165, 1.54) is 0 Å². The van der Waals surface area contributed by atoms with Crippen molar-refractivity contribution in [2.45, 2.75) is 23.3 Å². The number of aromatic nitrogens is 2. The zero-order chi connectivity index (χ0) is 13.9. The van der Waals surface area contributed by atoms with E-state index in [9.17, 15) is 0 Å². The second kappa shape index (κ2) is 6.01. The molecular formula is C14H13BrN2O2S. The van der Waals surface area contributed by atoms with Crippen LogP contribution in [0.25, 0.3) is 0 Å². The zero-order valence-electron chi connectivity index (χ0n) is 10.9. The normalized spacial score (nSPS) is 13.9. The molecule has 0 amide bonds. The zero-order valence-corrected chi connectivity index (χ0v) is 13.3. The maximum Gasteiger partial charge on any atom is 0.162 e. The van der Waals surface area contributed by atoms with E-state index in [1.807, 2.05) is 31.2 Å². The highest BCUT2D eigenvalue weighted by Gasteiger charge is 2.11. The fourth-order valence-corrected chi connectivity index (χ4v) is 3.40. The van der Waals surface area contributed by atoms with Gasteiger partial charge in [-0.2, -0.15) is 0 Å². The first kappa shape index (κ1) is 13.7. The van der Waals surface area contributed by atoms with Crippen molar-refractivity contribution in [3.8, 4) is 11.5 Å². The molecule has 3 rings (SSSR count). The van der Waals surface area contributed by atoms with Gasteiger partial charge in [0.05, 0.1) is 13.2 Å². The summed E-state index contributed by atoms with van der Waals surface area (Å²) in [6, 6.07) is 7.87. The average molecular weight is 353 g/mol. The third-order valence-electron chi connectivity index (χ3n) is 2.72. The lowest BCUT2D eigenvalue weighted by Crippen LogP contribution is -1.97. The Hall–Kier alpha value is -1.27. The SMILES string of the molecule is Cc1nc(Br)cc(Sc2ccc3c(c2)OCCCO3)n1. The van der Waals surface area contributed by atoms with Gasteiger partial charge in [-0.05, 0) is 41.1 Å². The molecular weight excluding hydrogens is 340 g/mol. The quantitative estimate of drug-likeness (QED) is 0.767. The number of hydrogen-bond acceptors (Lipinski definition) is 5. The van der Waals surface area contributed by atoms with Crippen molar-refractivity contribution in [1.29, 1.82) is 0 Å². The summed E-state index contributed by atoms with van der Waals surface area (Å²) in [5.41, 5.74) is 0. The molecule has 0 saturated carbocycles. The van der Waals surface area contributed by atoms with Gasteiger partial charge in [-0.1, -0.05) is 11.8 Å². The van der Waals surface area contributed by atoms with E-state index in [4.69, 9.17) is 9.47 Å². The van der Waals surface area contributed by atoms with Crippen molar-refractivity contribution in [2.24, 2.45) is 0 Å². The maximum atomic E-state index is 5.69. The lowest BCUT2D eigenvalue weighted by atomic mass is 10.3. The molecule has 1 aliphatic rings. The molecule has 0 atom stereocenters. The van der Waals surface area contributed by atoms with Gasteiger partial charge < -0.3 is 9.47 Å². The highest BCUT2D eigenvalue weighted by molar-refractivity contribution is 9.10. The molecule has 104 valence electrons. The van der Waals surface area contributed by atoms with Gasteiger partial charge in [0.1, 0.15) is 15.5 Å². The van der Waals surface area contributed by atoms with Gasteiger partial charge in [0.2, 0.25) is 0 Å². The highest BCUT2D eigenvalue weighted by atomic mass is 79.9. The first-order chi connectivity index (χ1) is 9.70. The number of hydrogen-bond donors (Lipinski definition) is 0. The van der Waals surface area contributed by atoms with Crippen molar-refractivity contribution in [2.75, 3.05) is 13.2 Å². The first-order valence-electron chi connectivity index (χ1n) is 6.29. The molecule has 6 heteroatoms. The summed E-state index contributed by atoms with van der Waals surface area (Å²) in [6.07, 6.45) is 0.912. The number of halogens is 1. The maximum absolute atomic E-state index is 5.69. The molecule has 0 aliphatic carbocycles. The van der Waals surface area contributed by atoms with Crippen LogP contribution in [0.4, 0.5) is 0 Å². The van der Waals surface area contributed by atoms with Crippen molar-refractivity contribution in [3.63, 3.8) is 0 Å². The van der Waals surface area contributed by atoms with E-state index in [0.717, 1.165) is 38.3 Å². The number of nitrogens with zero attached hydrogens (tertiary/aromatic N) is 2. The van der Waals surface area contributed by atoms with Gasteiger partial charge in [-0.15, -0.1) is 0 Å². The Morgan fingerprint density at radius 1 is 1.10 bits per heavy atom. The number of rotatable bonds is 2. The number of fused-ring (bicyclic) bond motifs is 1. The predicted molar refractivity (Wildman–Crippen MR) is 80.6 cm³/mol. The molecule has 0 radical (unpaired) electrons. The monoisotopic (exact) mass is 352 g/mol. The van der Waals surface area contributed by atoms with Crippen LogP contribution < -0.4 is 9.47 Å². The number of ether oxygens (including phenoxy) is 2. The Morgan fingerprint density at radius 3 is 2.70 bits per heavy atom. The van der Waals surface area contributed by atoms with Crippen LogP contribution >= 0.6 is 27.7 Å². The molecule has 0 spiro atoms. The Labute approximate surface area is 130 Å². The van der Waals surface area contributed by atoms with Crippen molar-refractivity contribution in [3.05, 3.63) is 34.7 Å². The van der Waals surface area contributed by atoms with Crippen LogP contribution in [0, 0.1) is 6.92 Å². The van der Waals surface area contributed by atoms with Gasteiger partial charge in [0.25, 0.3) is 0 Å². The lowest BCUT2D eigenvalue weighted by Gasteiger charge is -2.09. The van der Waals surface area contributed by atoms with Crippen LogP contribution in [0.3, 0.4) is 0 Å². The minimum Gasteiger partial charge on any atom is -0.490 e. The highest BCUT2D eigenvalue weighted by Crippen LogP contribution is 2.36. The first-order valence-corrected chi connectivity index (χ1v) is 7.90. The van der Waals surface area contributed by atoms with Crippen LogP contribution in [0.1, 0.15) is 12.2 Å². The summed E-state index contributed by atoms with van der Waals surface area (Å²) >= 11 is 4.97. The molecule has 2 aromatic rings. The smallest absolute Gasteiger partial charge is 0.162 e. The largest absolute Gasteiger partial charge is 0.490 e. The van der Waals surface area contributed by atoms with Gasteiger partial charge in [0.15, 0.2) is 11.5 Å². The minimum atomic E-state index is 0.694. The van der Waals surface area contributed by atoms with Crippen LogP contribution in [-0.2, 0) is 0 Å². The molecule has 0 N–H and O–H groups in total. The summed E-state index contributed by atoms with van der Waals surface area (Å²) in [4.78, 5) is 9.68. The summed E-state index contributed by atoms with van der Waals surface area (Å²) < 4.78 is 12.1. The Bertz CT molecular complexity index is 616. The molecule has 1 aromatic carbocycles. The van der Waals surface area contributed by atoms with Gasteiger partial charge in [-0.25, -0.2) is 9.97 Å². The lowest BCUT2D eigenvalue weighted by molar-refractivity contribution is 0.297.